The van der Waals surface area contributed by atoms with Gasteiger partial charge in [-0.05, 0) is 97.1 Å². The lowest BCUT2D eigenvalue weighted by Crippen LogP contribution is -2.41. The summed E-state index contributed by atoms with van der Waals surface area (Å²) in [6, 6.07) is 23.7. The minimum absolute atomic E-state index is 0.0628. The molecule has 0 aliphatic carbocycles. The number of methoxy groups -OCH3 is 3. The van der Waals surface area contributed by atoms with E-state index in [1.165, 1.54) is 0 Å². The van der Waals surface area contributed by atoms with Crippen LogP contribution in [-0.2, 0) is 16.8 Å². The third-order valence-electron chi connectivity index (χ3n) is 7.76. The Morgan fingerprint density at radius 2 is 1.47 bits per heavy atom. The van der Waals surface area contributed by atoms with Gasteiger partial charge in [0.2, 0.25) is 5.91 Å². The molecule has 1 aliphatic rings. The van der Waals surface area contributed by atoms with E-state index in [2.05, 4.69) is 0 Å². The Morgan fingerprint density at radius 1 is 0.837 bits per heavy atom. The van der Waals surface area contributed by atoms with Crippen molar-refractivity contribution in [1.29, 1.82) is 0 Å². The van der Waals surface area contributed by atoms with E-state index in [-0.39, 0.29) is 18.4 Å². The zero-order chi connectivity index (χ0) is 30.9. The van der Waals surface area contributed by atoms with Gasteiger partial charge >= 0.3 is 0 Å². The molecule has 0 spiro atoms. The molecule has 7 nitrogen and oxygen atoms in total. The molecule has 0 saturated heterocycles. The Labute approximate surface area is 257 Å². The largest absolute Gasteiger partial charge is 0.497 e. The minimum Gasteiger partial charge on any atom is -0.497 e. The fourth-order valence-electron chi connectivity index (χ4n) is 5.53. The van der Waals surface area contributed by atoms with Crippen LogP contribution in [-0.4, -0.2) is 38.4 Å². The van der Waals surface area contributed by atoms with Crippen LogP contribution in [0.3, 0.4) is 0 Å². The average Bonchev–Trinajstić information content (AvgIpc) is 3.00. The first kappa shape index (κ1) is 30.3. The zero-order valence-electron chi connectivity index (χ0n) is 25.2. The minimum atomic E-state index is -1.35. The third-order valence-corrected chi connectivity index (χ3v) is 8.01. The van der Waals surface area contributed by atoms with E-state index >= 15 is 0 Å². The first-order valence-corrected chi connectivity index (χ1v) is 14.4. The monoisotopic (exact) mass is 601 g/mol. The van der Waals surface area contributed by atoms with Crippen molar-refractivity contribution in [2.24, 2.45) is 0 Å². The van der Waals surface area contributed by atoms with E-state index in [0.29, 0.717) is 44.8 Å². The quantitative estimate of drug-likeness (QED) is 0.221. The van der Waals surface area contributed by atoms with E-state index in [1.54, 1.807) is 51.4 Å². The Hall–Kier alpha value is -4.20. The number of hydrogen-bond donors (Lipinski definition) is 1. The topological polar surface area (TPSA) is 77.5 Å². The highest BCUT2D eigenvalue weighted by Gasteiger charge is 2.36. The van der Waals surface area contributed by atoms with Gasteiger partial charge in [0.15, 0.2) is 11.5 Å². The molecule has 1 aliphatic heterocycles. The lowest BCUT2D eigenvalue weighted by Gasteiger charge is -2.38. The fraction of sp³-hybridized carbons (Fsp3) is 0.286. The molecular formula is C35H36ClNO6. The molecule has 4 aromatic carbocycles. The highest BCUT2D eigenvalue weighted by molar-refractivity contribution is 6.30. The zero-order valence-corrected chi connectivity index (χ0v) is 25.9. The van der Waals surface area contributed by atoms with E-state index in [0.717, 1.165) is 16.7 Å². The first-order chi connectivity index (χ1) is 20.5. The summed E-state index contributed by atoms with van der Waals surface area (Å²) in [7, 11) is 4.74. The Morgan fingerprint density at radius 3 is 2.02 bits per heavy atom. The maximum absolute atomic E-state index is 13.9. The van der Waals surface area contributed by atoms with Crippen molar-refractivity contribution >= 4 is 23.2 Å². The Balaban J connectivity index is 1.59. The fourth-order valence-corrected chi connectivity index (χ4v) is 5.66. The molecule has 224 valence electrons. The second-order valence-electron chi connectivity index (χ2n) is 11.0. The van der Waals surface area contributed by atoms with Crippen LogP contribution in [0.4, 0.5) is 5.69 Å². The maximum atomic E-state index is 13.9. The lowest BCUT2D eigenvalue weighted by molar-refractivity contribution is -0.118. The van der Waals surface area contributed by atoms with E-state index < -0.39 is 11.6 Å². The van der Waals surface area contributed by atoms with Crippen LogP contribution in [0, 0.1) is 0 Å². The molecule has 0 bridgehead atoms. The number of anilines is 1. The molecular weight excluding hydrogens is 566 g/mol. The molecule has 1 N–H and O–H groups in total. The van der Waals surface area contributed by atoms with Crippen molar-refractivity contribution in [3.05, 3.63) is 112 Å². The van der Waals surface area contributed by atoms with Crippen molar-refractivity contribution in [1.82, 2.24) is 0 Å². The smallest absolute Gasteiger partial charge is 0.232 e. The van der Waals surface area contributed by atoms with Gasteiger partial charge in [-0.1, -0.05) is 35.9 Å². The van der Waals surface area contributed by atoms with Crippen molar-refractivity contribution < 1.29 is 28.8 Å². The number of amides is 1. The van der Waals surface area contributed by atoms with Crippen LogP contribution in [0.25, 0.3) is 0 Å². The van der Waals surface area contributed by atoms with Gasteiger partial charge in [-0.25, -0.2) is 0 Å². The molecule has 8 heteroatoms. The number of benzene rings is 4. The summed E-state index contributed by atoms with van der Waals surface area (Å²) in [4.78, 5) is 15.7. The number of fused-ring (bicyclic) bond motifs is 1. The van der Waals surface area contributed by atoms with Crippen molar-refractivity contribution in [3.8, 4) is 23.0 Å². The lowest BCUT2D eigenvalue weighted by atomic mass is 9.85. The van der Waals surface area contributed by atoms with Crippen LogP contribution in [0.5, 0.6) is 23.0 Å². The van der Waals surface area contributed by atoms with Crippen LogP contribution in [0.1, 0.15) is 54.6 Å². The van der Waals surface area contributed by atoms with Gasteiger partial charge in [-0.3, -0.25) is 4.79 Å². The van der Waals surface area contributed by atoms with Gasteiger partial charge in [0, 0.05) is 16.8 Å². The van der Waals surface area contributed by atoms with Gasteiger partial charge in [0.25, 0.3) is 0 Å². The van der Waals surface area contributed by atoms with Crippen molar-refractivity contribution in [2.45, 2.75) is 44.9 Å². The summed E-state index contributed by atoms with van der Waals surface area (Å²) >= 11 is 6.25. The number of carbonyl (C=O) groups excluding carboxylic acids is 1. The van der Waals surface area contributed by atoms with E-state index in [4.69, 9.17) is 30.5 Å². The number of hydrogen-bond acceptors (Lipinski definition) is 6. The average molecular weight is 602 g/mol. The van der Waals surface area contributed by atoms with E-state index in [9.17, 15) is 9.90 Å². The molecule has 1 amide bonds. The van der Waals surface area contributed by atoms with Crippen molar-refractivity contribution in [2.75, 3.05) is 26.2 Å². The predicted molar refractivity (Wildman–Crippen MR) is 168 cm³/mol. The summed E-state index contributed by atoms with van der Waals surface area (Å²) in [5.41, 5.74) is 3.33. The van der Waals surface area contributed by atoms with Crippen molar-refractivity contribution in [3.63, 3.8) is 0 Å². The Bertz CT molecular complexity index is 1590. The Kier molecular flexibility index (Phi) is 8.58. The molecule has 0 saturated carbocycles. The highest BCUT2D eigenvalue weighted by atomic mass is 35.5. The normalized spacial score (nSPS) is 16.0. The molecule has 0 radical (unpaired) electrons. The summed E-state index contributed by atoms with van der Waals surface area (Å²) in [6.07, 6.45) is 0.132. The van der Waals surface area contributed by atoms with Crippen LogP contribution < -0.4 is 23.8 Å². The summed E-state index contributed by atoms with van der Waals surface area (Å²) < 4.78 is 22.6. The highest BCUT2D eigenvalue weighted by Crippen LogP contribution is 2.44. The SMILES string of the molecule is COc1cc(OC)cc([C@@](C)(O)c2ccc(N3C(=O)Cc4cc(OC)c(OC(C)C)cc4C3c3ccc(Cl)cc3)cc2)c1. The number of rotatable bonds is 9. The molecule has 0 aromatic heterocycles. The van der Waals surface area contributed by atoms with E-state index in [1.807, 2.05) is 74.5 Å². The first-order valence-electron chi connectivity index (χ1n) is 14.1. The van der Waals surface area contributed by atoms with Gasteiger partial charge in [-0.15, -0.1) is 0 Å². The number of halogens is 1. The number of carbonyl (C=O) groups is 1. The van der Waals surface area contributed by atoms with Gasteiger partial charge in [-0.2, -0.15) is 0 Å². The standard InChI is InChI=1S/C35H36ClNO6/c1-21(2)43-32-20-30-23(15-31(32)42-6)16-33(38)37(34(30)22-7-11-26(36)12-8-22)27-13-9-24(10-14-27)35(3,39)25-17-28(40-4)19-29(18-25)41-5/h7-15,17-21,34,39H,16H2,1-6H3/t34?,35-/m0/s1. The summed E-state index contributed by atoms with van der Waals surface area (Å²) in [5, 5.41) is 12.3. The molecule has 1 unspecified atom stereocenters. The molecule has 4 aromatic rings. The summed E-state index contributed by atoms with van der Waals surface area (Å²) in [6.45, 7) is 5.64. The number of nitrogens with zero attached hydrogens (tertiary/aromatic N) is 1. The van der Waals surface area contributed by atoms with Gasteiger partial charge in [0.05, 0.1) is 39.9 Å². The maximum Gasteiger partial charge on any atom is 0.232 e. The van der Waals surface area contributed by atoms with Crippen LogP contribution in [0.15, 0.2) is 78.9 Å². The number of ether oxygens (including phenoxy) is 4. The second-order valence-corrected chi connectivity index (χ2v) is 11.4. The third kappa shape index (κ3) is 6.01. The van der Waals surface area contributed by atoms with Crippen LogP contribution >= 0.6 is 11.6 Å². The molecule has 2 atom stereocenters. The molecule has 43 heavy (non-hydrogen) atoms. The van der Waals surface area contributed by atoms with Crippen LogP contribution in [0.2, 0.25) is 5.02 Å². The number of aliphatic hydroxyl groups is 1. The summed E-state index contributed by atoms with van der Waals surface area (Å²) in [5.74, 6) is 2.29. The van der Waals surface area contributed by atoms with Gasteiger partial charge in [0.1, 0.15) is 17.1 Å². The van der Waals surface area contributed by atoms with Gasteiger partial charge < -0.3 is 29.0 Å². The predicted octanol–water partition coefficient (Wildman–Crippen LogP) is 7.09. The molecule has 0 fully saturated rings. The second kappa shape index (κ2) is 12.2. The molecule has 5 rings (SSSR count). The molecule has 1 heterocycles.